The normalized spacial score (nSPS) is 25.8. The van der Waals surface area contributed by atoms with E-state index in [2.05, 4.69) is 18.1 Å². The minimum Gasteiger partial charge on any atom is -0.392 e. The first-order chi connectivity index (χ1) is 9.26. The molecular weight excluding hydrogens is 256 g/mol. The summed E-state index contributed by atoms with van der Waals surface area (Å²) in [6.07, 6.45) is 10.8. The number of hydrogen-bond donors (Lipinski definition) is 1. The van der Waals surface area contributed by atoms with E-state index in [1.165, 1.54) is 32.1 Å². The Bertz CT molecular complexity index is 504. The van der Waals surface area contributed by atoms with Crippen molar-refractivity contribution >= 4 is 16.3 Å². The molecule has 0 radical (unpaired) electrons. The first kappa shape index (κ1) is 13.1. The van der Waals surface area contributed by atoms with Crippen LogP contribution < -0.4 is 0 Å². The first-order valence-electron chi connectivity index (χ1n) is 7.35. The zero-order valence-corrected chi connectivity index (χ0v) is 12.3. The second kappa shape index (κ2) is 5.63. The molecule has 0 bridgehead atoms. The number of thiazole rings is 1. The van der Waals surface area contributed by atoms with Crippen LogP contribution in [-0.4, -0.2) is 20.6 Å². The molecule has 1 fully saturated rings. The smallest absolute Gasteiger partial charge is 0.193 e. The third kappa shape index (κ3) is 2.84. The van der Waals surface area contributed by atoms with E-state index in [1.807, 2.05) is 16.0 Å². The van der Waals surface area contributed by atoms with Crippen LogP contribution in [0.2, 0.25) is 0 Å². The van der Waals surface area contributed by atoms with Crippen LogP contribution >= 0.6 is 11.3 Å². The summed E-state index contributed by atoms with van der Waals surface area (Å²) in [4.78, 5) is 5.59. The van der Waals surface area contributed by atoms with Crippen molar-refractivity contribution in [3.63, 3.8) is 0 Å². The molecule has 1 aliphatic carbocycles. The van der Waals surface area contributed by atoms with E-state index in [9.17, 15) is 5.11 Å². The molecule has 104 valence electrons. The standard InChI is InChI=1S/C15H22N2OS/c1-2-11-4-3-5-12(8-11)14(18)9-13-10-17-6-7-19-15(17)16-13/h6-7,10-12,14,18H,2-5,8-9H2,1H3. The van der Waals surface area contributed by atoms with Crippen molar-refractivity contribution in [3.8, 4) is 0 Å². The molecule has 3 atom stereocenters. The molecule has 1 N–H and O–H groups in total. The molecule has 3 rings (SSSR count). The maximum Gasteiger partial charge on any atom is 0.193 e. The van der Waals surface area contributed by atoms with E-state index in [4.69, 9.17) is 0 Å². The Morgan fingerprint density at radius 2 is 2.42 bits per heavy atom. The number of aliphatic hydroxyl groups is 1. The van der Waals surface area contributed by atoms with Crippen molar-refractivity contribution in [1.29, 1.82) is 0 Å². The molecule has 0 saturated heterocycles. The van der Waals surface area contributed by atoms with Gasteiger partial charge in [0.1, 0.15) is 0 Å². The minimum absolute atomic E-state index is 0.223. The van der Waals surface area contributed by atoms with Crippen LogP contribution in [0, 0.1) is 11.8 Å². The van der Waals surface area contributed by atoms with Gasteiger partial charge in [-0.05, 0) is 24.7 Å². The largest absolute Gasteiger partial charge is 0.392 e. The molecule has 0 spiro atoms. The Hall–Kier alpha value is -0.870. The quantitative estimate of drug-likeness (QED) is 0.929. The highest BCUT2D eigenvalue weighted by Gasteiger charge is 2.27. The Morgan fingerprint density at radius 3 is 3.21 bits per heavy atom. The molecule has 2 aromatic rings. The van der Waals surface area contributed by atoms with E-state index in [0.29, 0.717) is 12.3 Å². The zero-order valence-electron chi connectivity index (χ0n) is 11.5. The van der Waals surface area contributed by atoms with Crippen LogP contribution in [0.4, 0.5) is 0 Å². The van der Waals surface area contributed by atoms with E-state index in [0.717, 1.165) is 16.6 Å². The van der Waals surface area contributed by atoms with Gasteiger partial charge in [-0.3, -0.25) is 4.40 Å². The van der Waals surface area contributed by atoms with Gasteiger partial charge in [0, 0.05) is 24.2 Å². The number of aromatic nitrogens is 2. The Morgan fingerprint density at radius 1 is 1.53 bits per heavy atom. The predicted octanol–water partition coefficient (Wildman–Crippen LogP) is 3.52. The number of imidazole rings is 1. The summed E-state index contributed by atoms with van der Waals surface area (Å²) in [6, 6.07) is 0. The molecule has 3 nitrogen and oxygen atoms in total. The summed E-state index contributed by atoms with van der Waals surface area (Å²) < 4.78 is 2.04. The van der Waals surface area contributed by atoms with Gasteiger partial charge in [-0.1, -0.05) is 26.2 Å². The number of hydrogen-bond acceptors (Lipinski definition) is 3. The summed E-state index contributed by atoms with van der Waals surface area (Å²) in [5.41, 5.74) is 1.03. The molecule has 2 heterocycles. The van der Waals surface area contributed by atoms with Gasteiger partial charge in [-0.25, -0.2) is 4.98 Å². The SMILES string of the molecule is CCC1CCCC(C(O)Cc2cn3ccsc3n2)C1. The van der Waals surface area contributed by atoms with E-state index in [1.54, 1.807) is 11.3 Å². The fourth-order valence-corrected chi connectivity index (χ4v) is 4.03. The minimum atomic E-state index is -0.223. The first-order valence-corrected chi connectivity index (χ1v) is 8.23. The summed E-state index contributed by atoms with van der Waals surface area (Å²) in [6.45, 7) is 2.27. The molecule has 1 aliphatic rings. The van der Waals surface area contributed by atoms with Gasteiger partial charge < -0.3 is 5.11 Å². The fourth-order valence-electron chi connectivity index (χ4n) is 3.31. The van der Waals surface area contributed by atoms with Crippen molar-refractivity contribution in [2.75, 3.05) is 0 Å². The number of fused-ring (bicyclic) bond motifs is 1. The lowest BCUT2D eigenvalue weighted by molar-refractivity contribution is 0.0679. The third-order valence-corrected chi connectivity index (χ3v) is 5.28. The van der Waals surface area contributed by atoms with Crippen LogP contribution in [0.5, 0.6) is 0 Å². The van der Waals surface area contributed by atoms with Crippen LogP contribution in [0.1, 0.15) is 44.7 Å². The van der Waals surface area contributed by atoms with Gasteiger partial charge in [-0.2, -0.15) is 0 Å². The van der Waals surface area contributed by atoms with Crippen molar-refractivity contribution in [2.45, 2.75) is 51.6 Å². The highest BCUT2D eigenvalue weighted by molar-refractivity contribution is 7.15. The average Bonchev–Trinajstić information content (AvgIpc) is 2.99. The van der Waals surface area contributed by atoms with Gasteiger partial charge >= 0.3 is 0 Å². The molecule has 0 aromatic carbocycles. The summed E-state index contributed by atoms with van der Waals surface area (Å²) in [7, 11) is 0. The van der Waals surface area contributed by atoms with Gasteiger partial charge in [-0.15, -0.1) is 11.3 Å². The molecule has 1 saturated carbocycles. The van der Waals surface area contributed by atoms with Gasteiger partial charge in [0.25, 0.3) is 0 Å². The molecule has 4 heteroatoms. The van der Waals surface area contributed by atoms with Gasteiger partial charge in [0.2, 0.25) is 0 Å². The Balaban J connectivity index is 1.63. The molecule has 0 amide bonds. The second-order valence-corrected chi connectivity index (χ2v) is 6.67. The molecular formula is C15H22N2OS. The van der Waals surface area contributed by atoms with Crippen LogP contribution in [0.15, 0.2) is 17.8 Å². The molecule has 19 heavy (non-hydrogen) atoms. The van der Waals surface area contributed by atoms with Crippen LogP contribution in [0.3, 0.4) is 0 Å². The van der Waals surface area contributed by atoms with Crippen molar-refractivity contribution in [3.05, 3.63) is 23.5 Å². The third-order valence-electron chi connectivity index (χ3n) is 4.51. The second-order valence-electron chi connectivity index (χ2n) is 5.80. The Kier molecular flexibility index (Phi) is 3.89. The van der Waals surface area contributed by atoms with E-state index < -0.39 is 0 Å². The lowest BCUT2D eigenvalue weighted by Gasteiger charge is -2.31. The van der Waals surface area contributed by atoms with Crippen molar-refractivity contribution < 1.29 is 5.11 Å². The summed E-state index contributed by atoms with van der Waals surface area (Å²) in [5.74, 6) is 1.29. The predicted molar refractivity (Wildman–Crippen MR) is 78.5 cm³/mol. The average molecular weight is 278 g/mol. The maximum atomic E-state index is 10.5. The van der Waals surface area contributed by atoms with Crippen LogP contribution in [-0.2, 0) is 6.42 Å². The van der Waals surface area contributed by atoms with E-state index >= 15 is 0 Å². The van der Waals surface area contributed by atoms with Gasteiger partial charge in [0.05, 0.1) is 11.8 Å². The number of rotatable bonds is 4. The topological polar surface area (TPSA) is 37.5 Å². The lowest BCUT2D eigenvalue weighted by atomic mass is 9.77. The fraction of sp³-hybridized carbons (Fsp3) is 0.667. The summed E-state index contributed by atoms with van der Waals surface area (Å²) >= 11 is 1.65. The lowest BCUT2D eigenvalue weighted by Crippen LogP contribution is -2.28. The van der Waals surface area contributed by atoms with E-state index in [-0.39, 0.29) is 6.10 Å². The molecule has 2 aromatic heterocycles. The van der Waals surface area contributed by atoms with Crippen molar-refractivity contribution in [1.82, 2.24) is 9.38 Å². The maximum absolute atomic E-state index is 10.5. The van der Waals surface area contributed by atoms with Gasteiger partial charge in [0.15, 0.2) is 4.96 Å². The number of nitrogens with zero attached hydrogens (tertiary/aromatic N) is 2. The molecule has 0 aliphatic heterocycles. The molecule has 3 unspecified atom stereocenters. The zero-order chi connectivity index (χ0) is 13.2. The Labute approximate surface area is 118 Å². The number of aliphatic hydroxyl groups excluding tert-OH is 1. The monoisotopic (exact) mass is 278 g/mol. The highest BCUT2D eigenvalue weighted by atomic mass is 32.1. The van der Waals surface area contributed by atoms with Crippen molar-refractivity contribution in [2.24, 2.45) is 11.8 Å². The van der Waals surface area contributed by atoms with Crippen LogP contribution in [0.25, 0.3) is 4.96 Å². The summed E-state index contributed by atoms with van der Waals surface area (Å²) in [5, 5.41) is 12.5. The highest BCUT2D eigenvalue weighted by Crippen LogP contribution is 2.33.